The summed E-state index contributed by atoms with van der Waals surface area (Å²) < 4.78 is 16.0. The Morgan fingerprint density at radius 2 is 1.75 bits per heavy atom. The fraction of sp³-hybridized carbons (Fsp3) is 0.529. The second kappa shape index (κ2) is 8.78. The number of benzene rings is 1. The van der Waals surface area contributed by atoms with Gasteiger partial charge in [0.25, 0.3) is 5.91 Å². The zero-order valence-electron chi connectivity index (χ0n) is 14.8. The molecule has 0 bridgehead atoms. The lowest BCUT2D eigenvalue weighted by Gasteiger charge is -2.18. The van der Waals surface area contributed by atoms with E-state index in [1.165, 1.54) is 26.2 Å². The molecule has 0 saturated carbocycles. The van der Waals surface area contributed by atoms with Gasteiger partial charge in [0, 0.05) is 6.04 Å². The first-order chi connectivity index (χ1) is 11.1. The molecular formula is C17H24ClNO5. The molecule has 1 aromatic carbocycles. The van der Waals surface area contributed by atoms with Crippen LogP contribution in [-0.2, 0) is 9.53 Å². The van der Waals surface area contributed by atoms with E-state index in [4.69, 9.17) is 25.8 Å². The third-order valence-electron chi connectivity index (χ3n) is 2.90. The summed E-state index contributed by atoms with van der Waals surface area (Å²) in [5, 5.41) is 2.91. The van der Waals surface area contributed by atoms with Gasteiger partial charge in [0.2, 0.25) is 0 Å². The van der Waals surface area contributed by atoms with Gasteiger partial charge in [0.15, 0.2) is 17.6 Å². The van der Waals surface area contributed by atoms with E-state index in [-0.39, 0.29) is 28.6 Å². The Balaban J connectivity index is 2.95. The van der Waals surface area contributed by atoms with Crippen molar-refractivity contribution in [3.8, 4) is 11.5 Å². The number of esters is 1. The van der Waals surface area contributed by atoms with Crippen LogP contribution in [0.3, 0.4) is 0 Å². The molecule has 1 amide bonds. The number of ether oxygens (including phenoxy) is 3. The van der Waals surface area contributed by atoms with Gasteiger partial charge in [-0.3, -0.25) is 4.79 Å². The van der Waals surface area contributed by atoms with Crippen molar-refractivity contribution in [2.75, 3.05) is 7.11 Å². The quantitative estimate of drug-likeness (QED) is 0.758. The van der Waals surface area contributed by atoms with Crippen molar-refractivity contribution in [3.63, 3.8) is 0 Å². The molecule has 0 aromatic heterocycles. The first-order valence-electron chi connectivity index (χ1n) is 7.71. The highest BCUT2D eigenvalue weighted by Crippen LogP contribution is 2.37. The normalized spacial score (nSPS) is 12.0. The van der Waals surface area contributed by atoms with E-state index in [9.17, 15) is 9.59 Å². The zero-order valence-corrected chi connectivity index (χ0v) is 15.6. The summed E-state index contributed by atoms with van der Waals surface area (Å²) in [5.41, 5.74) is 0.178. The van der Waals surface area contributed by atoms with Gasteiger partial charge in [0.05, 0.1) is 23.8 Å². The van der Waals surface area contributed by atoms with Crippen molar-refractivity contribution in [3.05, 3.63) is 22.7 Å². The van der Waals surface area contributed by atoms with E-state index >= 15 is 0 Å². The second-order valence-electron chi connectivity index (χ2n) is 5.87. The Kier molecular flexibility index (Phi) is 7.35. The Hall–Kier alpha value is -1.95. The Bertz CT molecular complexity index is 601. The molecule has 0 saturated heterocycles. The summed E-state index contributed by atoms with van der Waals surface area (Å²) in [5.74, 6) is -0.354. The average Bonchev–Trinajstić information content (AvgIpc) is 2.47. The highest BCUT2D eigenvalue weighted by atomic mass is 35.5. The van der Waals surface area contributed by atoms with Crippen molar-refractivity contribution in [2.45, 2.75) is 52.9 Å². The van der Waals surface area contributed by atoms with Crippen molar-refractivity contribution in [1.82, 2.24) is 5.32 Å². The van der Waals surface area contributed by atoms with Gasteiger partial charge in [0.1, 0.15) is 0 Å². The lowest BCUT2D eigenvalue weighted by Crippen LogP contribution is -2.39. The lowest BCUT2D eigenvalue weighted by molar-refractivity contribution is -0.129. The molecule has 1 atom stereocenters. The average molecular weight is 358 g/mol. The van der Waals surface area contributed by atoms with Gasteiger partial charge in [-0.1, -0.05) is 11.6 Å². The predicted octanol–water partition coefficient (Wildman–Crippen LogP) is 3.21. The number of hydrogen-bond donors (Lipinski definition) is 1. The maximum absolute atomic E-state index is 12.2. The first kappa shape index (κ1) is 20.1. The van der Waals surface area contributed by atoms with Crippen LogP contribution >= 0.6 is 11.6 Å². The van der Waals surface area contributed by atoms with E-state index in [2.05, 4.69) is 5.32 Å². The minimum absolute atomic E-state index is 0.0411. The van der Waals surface area contributed by atoms with Crippen LogP contribution in [0.25, 0.3) is 0 Å². The predicted molar refractivity (Wildman–Crippen MR) is 91.9 cm³/mol. The molecule has 0 aliphatic rings. The third-order valence-corrected chi connectivity index (χ3v) is 3.18. The third kappa shape index (κ3) is 5.60. The fourth-order valence-corrected chi connectivity index (χ4v) is 2.13. The highest BCUT2D eigenvalue weighted by Gasteiger charge is 2.22. The van der Waals surface area contributed by atoms with Crippen LogP contribution in [0.1, 0.15) is 45.0 Å². The summed E-state index contributed by atoms with van der Waals surface area (Å²) in [6, 6.07) is 2.86. The smallest absolute Gasteiger partial charge is 0.339 e. The zero-order chi connectivity index (χ0) is 18.4. The summed E-state index contributed by atoms with van der Waals surface area (Å²) in [4.78, 5) is 24.1. The summed E-state index contributed by atoms with van der Waals surface area (Å²) in [7, 11) is 1.45. The molecular weight excluding hydrogens is 334 g/mol. The first-order valence-corrected chi connectivity index (χ1v) is 8.09. The minimum atomic E-state index is -0.920. The van der Waals surface area contributed by atoms with E-state index in [0.29, 0.717) is 11.5 Å². The Labute approximate surface area is 147 Å². The molecule has 0 unspecified atom stereocenters. The van der Waals surface area contributed by atoms with Crippen molar-refractivity contribution in [2.24, 2.45) is 0 Å². The van der Waals surface area contributed by atoms with E-state index < -0.39 is 12.1 Å². The molecule has 0 spiro atoms. The molecule has 1 N–H and O–H groups in total. The second-order valence-corrected chi connectivity index (χ2v) is 6.27. The van der Waals surface area contributed by atoms with E-state index in [1.54, 1.807) is 0 Å². The Morgan fingerprint density at radius 1 is 1.12 bits per heavy atom. The van der Waals surface area contributed by atoms with Crippen molar-refractivity contribution < 1.29 is 23.8 Å². The molecule has 1 rings (SSSR count). The van der Waals surface area contributed by atoms with Crippen LogP contribution in [0, 0.1) is 0 Å². The molecule has 1 aromatic rings. The number of carbonyl (C=O) groups excluding carboxylic acids is 2. The number of rotatable bonds is 7. The van der Waals surface area contributed by atoms with E-state index in [0.717, 1.165) is 0 Å². The molecule has 0 aliphatic carbocycles. The number of hydrogen-bond acceptors (Lipinski definition) is 5. The molecule has 24 heavy (non-hydrogen) atoms. The topological polar surface area (TPSA) is 73.9 Å². The maximum Gasteiger partial charge on any atom is 0.339 e. The van der Waals surface area contributed by atoms with Gasteiger partial charge >= 0.3 is 5.97 Å². The molecule has 0 aliphatic heterocycles. The van der Waals surface area contributed by atoms with Gasteiger partial charge in [-0.25, -0.2) is 4.79 Å². The summed E-state index contributed by atoms with van der Waals surface area (Å²) >= 11 is 6.18. The molecule has 7 heteroatoms. The van der Waals surface area contributed by atoms with Crippen LogP contribution in [0.4, 0.5) is 0 Å². The molecule has 0 heterocycles. The summed E-state index contributed by atoms with van der Waals surface area (Å²) in [6.45, 7) is 8.86. The number of methoxy groups -OCH3 is 1. The molecule has 134 valence electrons. The van der Waals surface area contributed by atoms with Gasteiger partial charge < -0.3 is 19.5 Å². The number of carbonyl (C=O) groups is 2. The number of nitrogens with one attached hydrogen (secondary N) is 1. The number of halogens is 1. The minimum Gasteiger partial charge on any atom is -0.493 e. The SMILES string of the molecule is COc1cc(C(=O)O[C@@H](C)C(=O)NC(C)C)cc(Cl)c1OC(C)C. The van der Waals surface area contributed by atoms with Crippen LogP contribution in [0.5, 0.6) is 11.5 Å². The van der Waals surface area contributed by atoms with Gasteiger partial charge in [-0.2, -0.15) is 0 Å². The van der Waals surface area contributed by atoms with Crippen LogP contribution in [0.2, 0.25) is 5.02 Å². The lowest BCUT2D eigenvalue weighted by atomic mass is 10.2. The van der Waals surface area contributed by atoms with Crippen molar-refractivity contribution in [1.29, 1.82) is 0 Å². The van der Waals surface area contributed by atoms with Gasteiger partial charge in [-0.05, 0) is 46.8 Å². The van der Waals surface area contributed by atoms with Crippen LogP contribution in [-0.4, -0.2) is 37.2 Å². The fourth-order valence-electron chi connectivity index (χ4n) is 1.87. The van der Waals surface area contributed by atoms with Crippen molar-refractivity contribution >= 4 is 23.5 Å². The molecule has 0 radical (unpaired) electrons. The summed E-state index contributed by atoms with van der Waals surface area (Å²) in [6.07, 6.45) is -1.02. The number of amides is 1. The Morgan fingerprint density at radius 3 is 2.25 bits per heavy atom. The monoisotopic (exact) mass is 357 g/mol. The van der Waals surface area contributed by atoms with Gasteiger partial charge in [-0.15, -0.1) is 0 Å². The highest BCUT2D eigenvalue weighted by molar-refractivity contribution is 6.32. The van der Waals surface area contributed by atoms with Crippen LogP contribution in [0.15, 0.2) is 12.1 Å². The maximum atomic E-state index is 12.2. The molecule has 0 fully saturated rings. The van der Waals surface area contributed by atoms with E-state index in [1.807, 2.05) is 27.7 Å². The molecule has 6 nitrogen and oxygen atoms in total. The van der Waals surface area contributed by atoms with Crippen LogP contribution < -0.4 is 14.8 Å². The standard InChI is InChI=1S/C17H24ClNO5/c1-9(2)19-16(20)11(5)24-17(21)12-7-13(18)15(23-10(3)4)14(8-12)22-6/h7-11H,1-6H3,(H,19,20)/t11-/m0/s1. The largest absolute Gasteiger partial charge is 0.493 e.